The van der Waals surface area contributed by atoms with Crippen LogP contribution in [0, 0.1) is 11.6 Å². The number of aliphatic hydroxyl groups is 1. The molecular weight excluding hydrogens is 266 g/mol. The number of methoxy groups -OCH3 is 1. The number of benzene rings is 2. The molecule has 106 valence electrons. The minimum Gasteiger partial charge on any atom is -0.493 e. The molecule has 0 radical (unpaired) electrons. The first-order chi connectivity index (χ1) is 9.65. The molecule has 0 saturated carbocycles. The monoisotopic (exact) mass is 280 g/mol. The number of hydrogen-bond acceptors (Lipinski definition) is 3. The summed E-state index contributed by atoms with van der Waals surface area (Å²) in [5.41, 5.74) is 1.05. The Morgan fingerprint density at radius 2 is 1.90 bits per heavy atom. The maximum absolute atomic E-state index is 13.1. The summed E-state index contributed by atoms with van der Waals surface area (Å²) < 4.78 is 36.6. The van der Waals surface area contributed by atoms with Crippen molar-refractivity contribution in [2.24, 2.45) is 0 Å². The van der Waals surface area contributed by atoms with Crippen molar-refractivity contribution in [1.29, 1.82) is 0 Å². The highest BCUT2D eigenvalue weighted by molar-refractivity contribution is 5.46. The number of rotatable bonds is 5. The molecule has 20 heavy (non-hydrogen) atoms. The Morgan fingerprint density at radius 3 is 2.55 bits per heavy atom. The molecule has 3 nitrogen and oxygen atoms in total. The van der Waals surface area contributed by atoms with Crippen molar-refractivity contribution in [3.63, 3.8) is 0 Å². The van der Waals surface area contributed by atoms with Crippen LogP contribution in [-0.2, 0) is 13.2 Å². The minimum absolute atomic E-state index is 0.0462. The van der Waals surface area contributed by atoms with Crippen molar-refractivity contribution < 1.29 is 23.4 Å². The number of halogens is 2. The van der Waals surface area contributed by atoms with E-state index in [1.165, 1.54) is 13.2 Å². The number of para-hydroxylation sites is 1. The van der Waals surface area contributed by atoms with Gasteiger partial charge in [0.2, 0.25) is 0 Å². The molecule has 0 spiro atoms. The van der Waals surface area contributed by atoms with Crippen molar-refractivity contribution in [2.45, 2.75) is 13.2 Å². The summed E-state index contributed by atoms with van der Waals surface area (Å²) in [6.45, 7) is -0.158. The van der Waals surface area contributed by atoms with Gasteiger partial charge in [-0.25, -0.2) is 8.78 Å². The molecule has 0 aliphatic rings. The van der Waals surface area contributed by atoms with Gasteiger partial charge in [-0.3, -0.25) is 0 Å². The number of hydrogen-bond donors (Lipinski definition) is 1. The Hall–Kier alpha value is -2.14. The van der Waals surface area contributed by atoms with E-state index in [2.05, 4.69) is 0 Å². The molecule has 0 heterocycles. The van der Waals surface area contributed by atoms with Crippen LogP contribution in [-0.4, -0.2) is 12.2 Å². The van der Waals surface area contributed by atoms with Crippen LogP contribution >= 0.6 is 0 Å². The molecular formula is C15H14F2O3. The van der Waals surface area contributed by atoms with E-state index >= 15 is 0 Å². The fraction of sp³-hybridized carbons (Fsp3) is 0.200. The Kier molecular flexibility index (Phi) is 4.53. The van der Waals surface area contributed by atoms with Crippen LogP contribution in [0.5, 0.6) is 11.5 Å². The molecule has 0 aliphatic heterocycles. The first-order valence-electron chi connectivity index (χ1n) is 5.99. The molecule has 0 aromatic heterocycles. The summed E-state index contributed by atoms with van der Waals surface area (Å²) in [4.78, 5) is 0. The van der Waals surface area contributed by atoms with E-state index in [0.717, 1.165) is 12.1 Å². The maximum Gasteiger partial charge on any atom is 0.167 e. The standard InChI is InChI=1S/C15H14F2O3/c1-19-14-4-2-3-11(8-18)15(14)20-9-10-5-6-12(16)13(17)7-10/h2-7,18H,8-9H2,1H3. The molecule has 5 heteroatoms. The summed E-state index contributed by atoms with van der Waals surface area (Å²) in [6.07, 6.45) is 0. The zero-order valence-electron chi connectivity index (χ0n) is 10.9. The second-order valence-electron chi connectivity index (χ2n) is 4.14. The quantitative estimate of drug-likeness (QED) is 0.915. The Balaban J connectivity index is 2.19. The fourth-order valence-electron chi connectivity index (χ4n) is 1.80. The molecule has 0 fully saturated rings. The second-order valence-corrected chi connectivity index (χ2v) is 4.14. The summed E-state index contributed by atoms with van der Waals surface area (Å²) >= 11 is 0. The summed E-state index contributed by atoms with van der Waals surface area (Å²) in [6, 6.07) is 8.68. The van der Waals surface area contributed by atoms with Crippen molar-refractivity contribution in [1.82, 2.24) is 0 Å². The van der Waals surface area contributed by atoms with Crippen LogP contribution in [0.15, 0.2) is 36.4 Å². The van der Waals surface area contributed by atoms with Gasteiger partial charge in [-0.05, 0) is 23.8 Å². The van der Waals surface area contributed by atoms with Crippen molar-refractivity contribution >= 4 is 0 Å². The van der Waals surface area contributed by atoms with E-state index in [0.29, 0.717) is 22.6 Å². The molecule has 2 aromatic rings. The Labute approximate surface area is 115 Å². The maximum atomic E-state index is 13.1. The van der Waals surface area contributed by atoms with Crippen LogP contribution < -0.4 is 9.47 Å². The highest BCUT2D eigenvalue weighted by atomic mass is 19.2. The smallest absolute Gasteiger partial charge is 0.167 e. The molecule has 0 atom stereocenters. The van der Waals surface area contributed by atoms with E-state index in [9.17, 15) is 13.9 Å². The van der Waals surface area contributed by atoms with Gasteiger partial charge < -0.3 is 14.6 Å². The predicted molar refractivity (Wildman–Crippen MR) is 69.6 cm³/mol. The Bertz CT molecular complexity index is 577. The van der Waals surface area contributed by atoms with Gasteiger partial charge in [0.25, 0.3) is 0 Å². The SMILES string of the molecule is COc1cccc(CO)c1OCc1ccc(F)c(F)c1. The molecule has 0 bridgehead atoms. The van der Waals surface area contributed by atoms with Crippen molar-refractivity contribution in [2.75, 3.05) is 7.11 Å². The molecule has 0 unspecified atom stereocenters. The first kappa shape index (κ1) is 14.3. The molecule has 2 aromatic carbocycles. The van der Waals surface area contributed by atoms with Crippen molar-refractivity contribution in [3.05, 3.63) is 59.2 Å². The van der Waals surface area contributed by atoms with Gasteiger partial charge >= 0.3 is 0 Å². The topological polar surface area (TPSA) is 38.7 Å². The van der Waals surface area contributed by atoms with Gasteiger partial charge in [0.15, 0.2) is 23.1 Å². The predicted octanol–water partition coefficient (Wildman–Crippen LogP) is 3.04. The van der Waals surface area contributed by atoms with E-state index in [1.807, 2.05) is 0 Å². The normalized spacial score (nSPS) is 10.4. The van der Waals surface area contributed by atoms with Crippen LogP contribution in [0.4, 0.5) is 8.78 Å². The lowest BCUT2D eigenvalue weighted by Gasteiger charge is -2.14. The largest absolute Gasteiger partial charge is 0.493 e. The van der Waals surface area contributed by atoms with Gasteiger partial charge in [-0.2, -0.15) is 0 Å². The summed E-state index contributed by atoms with van der Waals surface area (Å²) in [5, 5.41) is 9.27. The van der Waals surface area contributed by atoms with E-state index in [1.54, 1.807) is 18.2 Å². The van der Waals surface area contributed by atoms with E-state index in [4.69, 9.17) is 9.47 Å². The molecule has 0 amide bonds. The van der Waals surface area contributed by atoms with Crippen LogP contribution in [0.3, 0.4) is 0 Å². The molecule has 2 rings (SSSR count). The van der Waals surface area contributed by atoms with Crippen molar-refractivity contribution in [3.8, 4) is 11.5 Å². The molecule has 1 N–H and O–H groups in total. The number of ether oxygens (including phenoxy) is 2. The van der Waals surface area contributed by atoms with Gasteiger partial charge in [-0.15, -0.1) is 0 Å². The van der Waals surface area contributed by atoms with Crippen LogP contribution in [0.2, 0.25) is 0 Å². The third kappa shape index (κ3) is 3.05. The average Bonchev–Trinajstić information content (AvgIpc) is 2.48. The highest BCUT2D eigenvalue weighted by Crippen LogP contribution is 2.31. The Morgan fingerprint density at radius 1 is 1.10 bits per heavy atom. The highest BCUT2D eigenvalue weighted by Gasteiger charge is 2.11. The average molecular weight is 280 g/mol. The van der Waals surface area contributed by atoms with Gasteiger partial charge in [0.05, 0.1) is 13.7 Å². The van der Waals surface area contributed by atoms with E-state index < -0.39 is 11.6 Å². The first-order valence-corrected chi connectivity index (χ1v) is 5.99. The van der Waals surface area contributed by atoms with Gasteiger partial charge in [0, 0.05) is 5.56 Å². The zero-order chi connectivity index (χ0) is 14.5. The summed E-state index contributed by atoms with van der Waals surface area (Å²) in [5.74, 6) is -0.961. The fourth-order valence-corrected chi connectivity index (χ4v) is 1.80. The zero-order valence-corrected chi connectivity index (χ0v) is 10.9. The third-order valence-corrected chi connectivity index (χ3v) is 2.82. The number of aliphatic hydroxyl groups excluding tert-OH is 1. The van der Waals surface area contributed by atoms with Gasteiger partial charge in [0.1, 0.15) is 6.61 Å². The van der Waals surface area contributed by atoms with E-state index in [-0.39, 0.29) is 13.2 Å². The summed E-state index contributed by atoms with van der Waals surface area (Å²) in [7, 11) is 1.49. The lowest BCUT2D eigenvalue weighted by Crippen LogP contribution is -2.02. The lowest BCUT2D eigenvalue weighted by atomic mass is 10.2. The molecule has 0 aliphatic carbocycles. The van der Waals surface area contributed by atoms with Crippen LogP contribution in [0.1, 0.15) is 11.1 Å². The van der Waals surface area contributed by atoms with Gasteiger partial charge in [-0.1, -0.05) is 18.2 Å². The lowest BCUT2D eigenvalue weighted by molar-refractivity contribution is 0.249. The second kappa shape index (κ2) is 6.34. The van der Waals surface area contributed by atoms with Crippen LogP contribution in [0.25, 0.3) is 0 Å². The third-order valence-electron chi connectivity index (χ3n) is 2.82. The minimum atomic E-state index is -0.923. The molecule has 0 saturated heterocycles.